The molecular weight excluding hydrogens is 278 g/mol. The molecule has 3 heterocycles. The first kappa shape index (κ1) is 12.1. The lowest BCUT2D eigenvalue weighted by Gasteiger charge is -2.15. The summed E-state index contributed by atoms with van der Waals surface area (Å²) in [5, 5.41) is 16.3. The highest BCUT2D eigenvalue weighted by molar-refractivity contribution is 7.15. The van der Waals surface area contributed by atoms with E-state index in [1.54, 1.807) is 10.6 Å². The zero-order valence-corrected chi connectivity index (χ0v) is 11.7. The molecule has 0 amide bonds. The first-order valence-electron chi connectivity index (χ1n) is 6.83. The molecule has 20 heavy (non-hydrogen) atoms. The van der Waals surface area contributed by atoms with Gasteiger partial charge in [-0.1, -0.05) is 11.3 Å². The predicted octanol–water partition coefficient (Wildman–Crippen LogP) is 1.95. The molecule has 1 saturated carbocycles. The summed E-state index contributed by atoms with van der Waals surface area (Å²) in [4.78, 5) is 18.4. The van der Waals surface area contributed by atoms with Crippen molar-refractivity contribution in [2.45, 2.75) is 31.3 Å². The lowest BCUT2D eigenvalue weighted by molar-refractivity contribution is -0.389. The van der Waals surface area contributed by atoms with Gasteiger partial charge in [-0.25, -0.2) is 0 Å². The third-order valence-corrected chi connectivity index (χ3v) is 4.79. The van der Waals surface area contributed by atoms with Gasteiger partial charge in [0.2, 0.25) is 5.82 Å². The van der Waals surface area contributed by atoms with Gasteiger partial charge in [0.05, 0.1) is 0 Å². The first-order valence-corrected chi connectivity index (χ1v) is 7.71. The molecule has 0 spiro atoms. The molecule has 2 aromatic rings. The molecule has 8 heteroatoms. The van der Waals surface area contributed by atoms with Crippen LogP contribution in [0.3, 0.4) is 0 Å². The summed E-state index contributed by atoms with van der Waals surface area (Å²) in [7, 11) is 0. The van der Waals surface area contributed by atoms with Gasteiger partial charge in [0.1, 0.15) is 6.20 Å². The third kappa shape index (κ3) is 1.95. The van der Waals surface area contributed by atoms with Crippen molar-refractivity contribution in [2.75, 3.05) is 18.4 Å². The van der Waals surface area contributed by atoms with Crippen LogP contribution in [0.5, 0.6) is 0 Å². The summed E-state index contributed by atoms with van der Waals surface area (Å²) in [5.74, 6) is 0.454. The van der Waals surface area contributed by atoms with E-state index in [0.29, 0.717) is 10.8 Å². The molecule has 0 aromatic carbocycles. The van der Waals surface area contributed by atoms with Gasteiger partial charge in [0.25, 0.3) is 4.96 Å². The maximum atomic E-state index is 11.3. The number of anilines is 1. The quantitative estimate of drug-likeness (QED) is 0.689. The summed E-state index contributed by atoms with van der Waals surface area (Å²) < 4.78 is 1.54. The number of likely N-dealkylation sites (tertiary alicyclic amines) is 1. The highest BCUT2D eigenvalue weighted by Crippen LogP contribution is 2.33. The average molecular weight is 293 g/mol. The minimum Gasteiger partial charge on any atom is -0.359 e. The Labute approximate surface area is 119 Å². The van der Waals surface area contributed by atoms with Crippen LogP contribution >= 0.6 is 11.3 Å². The van der Waals surface area contributed by atoms with E-state index in [1.165, 1.54) is 24.2 Å². The molecule has 2 aliphatic rings. The molecule has 106 valence electrons. The van der Waals surface area contributed by atoms with Crippen LogP contribution in [0.4, 0.5) is 11.6 Å². The number of imidazole rings is 1. The number of nitro groups is 1. The number of nitrogens with zero attached hydrogens (tertiary/aromatic N) is 4. The van der Waals surface area contributed by atoms with Crippen molar-refractivity contribution in [2.24, 2.45) is 0 Å². The van der Waals surface area contributed by atoms with Crippen LogP contribution in [-0.2, 0) is 0 Å². The molecule has 7 nitrogen and oxygen atoms in total. The molecule has 0 bridgehead atoms. The Morgan fingerprint density at radius 1 is 1.45 bits per heavy atom. The molecule has 1 N–H and O–H groups in total. The molecule has 1 aliphatic heterocycles. The minimum absolute atomic E-state index is 0.0473. The van der Waals surface area contributed by atoms with E-state index in [4.69, 9.17) is 0 Å². The number of thiazole rings is 1. The van der Waals surface area contributed by atoms with Crippen LogP contribution in [0.25, 0.3) is 4.96 Å². The highest BCUT2D eigenvalue weighted by Gasteiger charge is 2.35. The van der Waals surface area contributed by atoms with Gasteiger partial charge < -0.3 is 15.4 Å². The van der Waals surface area contributed by atoms with Gasteiger partial charge >= 0.3 is 5.82 Å². The van der Waals surface area contributed by atoms with E-state index in [1.807, 2.05) is 5.38 Å². The van der Waals surface area contributed by atoms with Crippen molar-refractivity contribution >= 4 is 27.9 Å². The Morgan fingerprint density at radius 2 is 2.30 bits per heavy atom. The van der Waals surface area contributed by atoms with Crippen molar-refractivity contribution in [1.82, 2.24) is 14.3 Å². The lowest BCUT2D eigenvalue weighted by Crippen LogP contribution is -2.28. The van der Waals surface area contributed by atoms with E-state index in [9.17, 15) is 10.1 Å². The lowest BCUT2D eigenvalue weighted by atomic mass is 10.2. The number of rotatable bonds is 4. The predicted molar refractivity (Wildman–Crippen MR) is 76.3 cm³/mol. The monoisotopic (exact) mass is 293 g/mol. The SMILES string of the molecule is O=[N+]([O-])c1c(NC2CCN(C3CC3)C2)nc2sccn12. The van der Waals surface area contributed by atoms with Crippen LogP contribution in [0.2, 0.25) is 0 Å². The molecule has 4 rings (SSSR count). The molecule has 1 unspecified atom stereocenters. The van der Waals surface area contributed by atoms with Crippen molar-refractivity contribution in [3.05, 3.63) is 21.7 Å². The van der Waals surface area contributed by atoms with Crippen molar-refractivity contribution in [3.63, 3.8) is 0 Å². The average Bonchev–Trinajstić information content (AvgIpc) is 2.82. The zero-order chi connectivity index (χ0) is 13.7. The van der Waals surface area contributed by atoms with E-state index < -0.39 is 0 Å². The number of aromatic nitrogens is 2. The summed E-state index contributed by atoms with van der Waals surface area (Å²) >= 11 is 1.41. The Kier molecular flexibility index (Phi) is 2.67. The Balaban J connectivity index is 1.57. The second kappa shape index (κ2) is 4.42. The van der Waals surface area contributed by atoms with E-state index in [-0.39, 0.29) is 16.8 Å². The Bertz CT molecular complexity index is 662. The normalized spacial score (nSPS) is 23.5. The zero-order valence-electron chi connectivity index (χ0n) is 10.9. The molecule has 1 atom stereocenters. The van der Waals surface area contributed by atoms with Gasteiger partial charge in [0, 0.05) is 30.6 Å². The molecule has 1 saturated heterocycles. The maximum Gasteiger partial charge on any atom is 0.372 e. The minimum atomic E-state index is -0.358. The van der Waals surface area contributed by atoms with Crippen LogP contribution in [0.1, 0.15) is 19.3 Å². The van der Waals surface area contributed by atoms with Crippen LogP contribution < -0.4 is 5.32 Å². The third-order valence-electron chi connectivity index (χ3n) is 4.03. The fraction of sp³-hybridized carbons (Fsp3) is 0.583. The largest absolute Gasteiger partial charge is 0.372 e. The van der Waals surface area contributed by atoms with Gasteiger partial charge in [-0.2, -0.15) is 9.38 Å². The van der Waals surface area contributed by atoms with Crippen LogP contribution in [0, 0.1) is 10.1 Å². The van der Waals surface area contributed by atoms with E-state index in [2.05, 4.69) is 15.2 Å². The fourth-order valence-electron chi connectivity index (χ4n) is 2.91. The van der Waals surface area contributed by atoms with Crippen LogP contribution in [0.15, 0.2) is 11.6 Å². The van der Waals surface area contributed by atoms with Gasteiger partial charge in [-0.05, 0) is 24.2 Å². The topological polar surface area (TPSA) is 75.7 Å². The maximum absolute atomic E-state index is 11.3. The summed E-state index contributed by atoms with van der Waals surface area (Å²) in [6, 6.07) is 1.01. The molecule has 0 radical (unpaired) electrons. The molecular formula is C12H15N5O2S. The number of nitrogens with one attached hydrogen (secondary N) is 1. The van der Waals surface area contributed by atoms with Crippen molar-refractivity contribution < 1.29 is 4.92 Å². The first-order chi connectivity index (χ1) is 9.72. The number of hydrogen-bond acceptors (Lipinski definition) is 6. The van der Waals surface area contributed by atoms with Gasteiger partial charge in [-0.3, -0.25) is 4.90 Å². The second-order valence-electron chi connectivity index (χ2n) is 5.45. The highest BCUT2D eigenvalue weighted by atomic mass is 32.1. The molecule has 2 aromatic heterocycles. The molecule has 2 fully saturated rings. The smallest absolute Gasteiger partial charge is 0.359 e. The number of hydrogen-bond donors (Lipinski definition) is 1. The van der Waals surface area contributed by atoms with Gasteiger partial charge in [-0.15, -0.1) is 0 Å². The van der Waals surface area contributed by atoms with Crippen molar-refractivity contribution in [1.29, 1.82) is 0 Å². The van der Waals surface area contributed by atoms with Gasteiger partial charge in [0.15, 0.2) is 0 Å². The molecule has 1 aliphatic carbocycles. The fourth-order valence-corrected chi connectivity index (χ4v) is 3.62. The summed E-state index contributed by atoms with van der Waals surface area (Å²) in [6.07, 6.45) is 5.32. The summed E-state index contributed by atoms with van der Waals surface area (Å²) in [6.45, 7) is 2.05. The van der Waals surface area contributed by atoms with E-state index >= 15 is 0 Å². The Morgan fingerprint density at radius 3 is 3.05 bits per heavy atom. The Hall–Kier alpha value is -1.67. The van der Waals surface area contributed by atoms with E-state index in [0.717, 1.165) is 25.6 Å². The summed E-state index contributed by atoms with van der Waals surface area (Å²) in [5.41, 5.74) is 0. The standard InChI is InChI=1S/C12H15N5O2S/c18-17(19)11-10(14-12-16(11)5-6-20-12)13-8-3-4-15(7-8)9-1-2-9/h5-6,8-9,13H,1-4,7H2. The second-order valence-corrected chi connectivity index (χ2v) is 6.33. The van der Waals surface area contributed by atoms with Crippen molar-refractivity contribution in [3.8, 4) is 0 Å². The van der Waals surface area contributed by atoms with Crippen LogP contribution in [-0.4, -0.2) is 44.4 Å². The number of fused-ring (bicyclic) bond motifs is 1.